The van der Waals surface area contributed by atoms with E-state index >= 15 is 0 Å². The lowest BCUT2D eigenvalue weighted by Gasteiger charge is -2.06. The summed E-state index contributed by atoms with van der Waals surface area (Å²) in [6, 6.07) is 23.0. The van der Waals surface area contributed by atoms with Gasteiger partial charge in [0, 0.05) is 21.8 Å². The largest absolute Gasteiger partial charge is 0.322 e. The summed E-state index contributed by atoms with van der Waals surface area (Å²) in [7, 11) is 0. The van der Waals surface area contributed by atoms with Gasteiger partial charge >= 0.3 is 0 Å². The zero-order valence-corrected chi connectivity index (χ0v) is 17.1. The summed E-state index contributed by atoms with van der Waals surface area (Å²) in [4.78, 5) is 24.5. The van der Waals surface area contributed by atoms with Gasteiger partial charge in [0.1, 0.15) is 0 Å². The summed E-state index contributed by atoms with van der Waals surface area (Å²) in [5.41, 5.74) is 5.75. The van der Waals surface area contributed by atoms with Crippen LogP contribution < -0.4 is 10.7 Å². The molecule has 0 aliphatic rings. The Bertz CT molecular complexity index is 1070. The average molecular weight is 418 g/mol. The van der Waals surface area contributed by atoms with Crippen LogP contribution in [0.2, 0.25) is 5.02 Å². The first-order chi connectivity index (χ1) is 14.5. The quantitative estimate of drug-likeness (QED) is 0.415. The monoisotopic (exact) mass is 417 g/mol. The molecule has 3 aromatic rings. The molecule has 2 N–H and O–H groups in total. The van der Waals surface area contributed by atoms with Crippen LogP contribution in [0.3, 0.4) is 0 Å². The Kier molecular flexibility index (Phi) is 7.14. The van der Waals surface area contributed by atoms with Gasteiger partial charge in [-0.1, -0.05) is 48.0 Å². The lowest BCUT2D eigenvalue weighted by molar-refractivity contribution is 0.0954. The van der Waals surface area contributed by atoms with Gasteiger partial charge in [-0.3, -0.25) is 9.59 Å². The number of amides is 2. The zero-order chi connectivity index (χ0) is 21.3. The van der Waals surface area contributed by atoms with Crippen molar-refractivity contribution < 1.29 is 9.59 Å². The summed E-state index contributed by atoms with van der Waals surface area (Å²) in [6.07, 6.45) is 3.74. The lowest BCUT2D eigenvalue weighted by atomic mass is 10.1. The molecule has 3 rings (SSSR count). The van der Waals surface area contributed by atoms with Crippen molar-refractivity contribution in [2.75, 3.05) is 5.32 Å². The van der Waals surface area contributed by atoms with Gasteiger partial charge in [0.15, 0.2) is 0 Å². The number of carbonyl (C=O) groups excluding carboxylic acids is 2. The number of hydrazone groups is 1. The minimum absolute atomic E-state index is 0.255. The first kappa shape index (κ1) is 21.0. The van der Waals surface area contributed by atoms with Crippen molar-refractivity contribution in [3.63, 3.8) is 0 Å². The molecule has 0 saturated heterocycles. The van der Waals surface area contributed by atoms with Crippen LogP contribution in [0.25, 0.3) is 6.08 Å². The van der Waals surface area contributed by atoms with Crippen molar-refractivity contribution in [2.24, 2.45) is 5.10 Å². The number of anilines is 1. The minimum Gasteiger partial charge on any atom is -0.322 e. The van der Waals surface area contributed by atoms with E-state index in [2.05, 4.69) is 15.8 Å². The standard InChI is InChI=1S/C24H20ClN3O2/c1-17(7-8-18-5-3-2-4-6-18)27-28-24(30)20-11-15-22(16-12-20)26-23(29)19-9-13-21(25)14-10-19/h2-16H,1H3,(H,26,29)(H,28,30)/b8-7+,27-17?. The molecular formula is C24H20ClN3O2. The van der Waals surface area contributed by atoms with Gasteiger partial charge in [-0.2, -0.15) is 5.10 Å². The third kappa shape index (κ3) is 6.15. The van der Waals surface area contributed by atoms with Gasteiger partial charge in [0.2, 0.25) is 0 Å². The Morgan fingerprint density at radius 1 is 0.833 bits per heavy atom. The Hall–Kier alpha value is -3.70. The highest BCUT2D eigenvalue weighted by Gasteiger charge is 2.08. The van der Waals surface area contributed by atoms with Crippen LogP contribution in [0, 0.1) is 0 Å². The Morgan fingerprint density at radius 3 is 2.10 bits per heavy atom. The van der Waals surface area contributed by atoms with Gasteiger partial charge in [-0.15, -0.1) is 0 Å². The van der Waals surface area contributed by atoms with E-state index in [0.717, 1.165) is 5.56 Å². The molecule has 0 fully saturated rings. The molecule has 150 valence electrons. The summed E-state index contributed by atoms with van der Waals surface area (Å²) in [5.74, 6) is -0.590. The fourth-order valence-electron chi connectivity index (χ4n) is 2.53. The molecule has 30 heavy (non-hydrogen) atoms. The highest BCUT2D eigenvalue weighted by Crippen LogP contribution is 2.14. The molecule has 0 saturated carbocycles. The molecule has 0 spiro atoms. The van der Waals surface area contributed by atoms with Crippen molar-refractivity contribution in [1.82, 2.24) is 5.43 Å². The van der Waals surface area contributed by atoms with Crippen LogP contribution in [0.15, 0.2) is 90.0 Å². The van der Waals surface area contributed by atoms with Crippen LogP contribution in [0.4, 0.5) is 5.69 Å². The Balaban J connectivity index is 1.56. The van der Waals surface area contributed by atoms with Crippen molar-refractivity contribution in [3.05, 3.63) is 107 Å². The van der Waals surface area contributed by atoms with Gasteiger partial charge in [-0.25, -0.2) is 5.43 Å². The van der Waals surface area contributed by atoms with E-state index < -0.39 is 0 Å². The van der Waals surface area contributed by atoms with E-state index in [1.165, 1.54) is 0 Å². The highest BCUT2D eigenvalue weighted by atomic mass is 35.5. The van der Waals surface area contributed by atoms with E-state index in [1.807, 2.05) is 42.5 Å². The second-order valence-corrected chi connectivity index (χ2v) is 6.91. The second-order valence-electron chi connectivity index (χ2n) is 6.48. The summed E-state index contributed by atoms with van der Waals surface area (Å²) in [5, 5.41) is 7.42. The molecule has 0 radical (unpaired) electrons. The lowest BCUT2D eigenvalue weighted by Crippen LogP contribution is -2.18. The van der Waals surface area contributed by atoms with Crippen molar-refractivity contribution in [1.29, 1.82) is 0 Å². The number of benzene rings is 3. The number of hydrogen-bond acceptors (Lipinski definition) is 3. The summed E-state index contributed by atoms with van der Waals surface area (Å²) < 4.78 is 0. The first-order valence-electron chi connectivity index (χ1n) is 9.26. The average Bonchev–Trinajstić information content (AvgIpc) is 2.77. The molecule has 0 aliphatic carbocycles. The molecule has 2 amide bonds. The van der Waals surface area contributed by atoms with E-state index in [-0.39, 0.29) is 11.8 Å². The number of carbonyl (C=O) groups is 2. The third-order valence-electron chi connectivity index (χ3n) is 4.16. The predicted molar refractivity (Wildman–Crippen MR) is 122 cm³/mol. The second kappa shape index (κ2) is 10.2. The van der Waals surface area contributed by atoms with Crippen molar-refractivity contribution in [2.45, 2.75) is 6.92 Å². The third-order valence-corrected chi connectivity index (χ3v) is 4.41. The van der Waals surface area contributed by atoms with Gasteiger partial charge in [0.05, 0.1) is 5.71 Å². The number of nitrogens with one attached hydrogen (secondary N) is 2. The first-order valence-corrected chi connectivity index (χ1v) is 9.64. The van der Waals surface area contributed by atoms with Gasteiger partial charge in [-0.05, 0) is 67.1 Å². The van der Waals surface area contributed by atoms with E-state index in [1.54, 1.807) is 55.5 Å². The van der Waals surface area contributed by atoms with Crippen molar-refractivity contribution >= 4 is 40.9 Å². The molecule has 6 heteroatoms. The molecule has 0 atom stereocenters. The molecule has 0 bridgehead atoms. The molecule has 5 nitrogen and oxygen atoms in total. The number of halogens is 1. The maximum Gasteiger partial charge on any atom is 0.271 e. The highest BCUT2D eigenvalue weighted by molar-refractivity contribution is 6.30. The number of hydrogen-bond donors (Lipinski definition) is 2. The normalized spacial score (nSPS) is 11.3. The van der Waals surface area contributed by atoms with Crippen LogP contribution >= 0.6 is 11.6 Å². The predicted octanol–water partition coefficient (Wildman–Crippen LogP) is 5.41. The van der Waals surface area contributed by atoms with E-state index in [0.29, 0.717) is 27.5 Å². The fourth-order valence-corrected chi connectivity index (χ4v) is 2.66. The van der Waals surface area contributed by atoms with Crippen LogP contribution in [0.1, 0.15) is 33.2 Å². The van der Waals surface area contributed by atoms with Gasteiger partial charge in [0.25, 0.3) is 11.8 Å². The number of nitrogens with zero attached hydrogens (tertiary/aromatic N) is 1. The Labute approximate surface area is 180 Å². The van der Waals surface area contributed by atoms with Gasteiger partial charge < -0.3 is 5.32 Å². The summed E-state index contributed by atoms with van der Waals surface area (Å²) in [6.45, 7) is 1.80. The summed E-state index contributed by atoms with van der Waals surface area (Å²) >= 11 is 5.83. The fraction of sp³-hybridized carbons (Fsp3) is 0.0417. The topological polar surface area (TPSA) is 70.6 Å². The van der Waals surface area contributed by atoms with Crippen LogP contribution in [-0.4, -0.2) is 17.5 Å². The van der Waals surface area contributed by atoms with Crippen LogP contribution in [0.5, 0.6) is 0 Å². The van der Waals surface area contributed by atoms with Crippen molar-refractivity contribution in [3.8, 4) is 0 Å². The number of rotatable bonds is 6. The number of allylic oxidation sites excluding steroid dienone is 1. The minimum atomic E-state index is -0.335. The van der Waals surface area contributed by atoms with Crippen LogP contribution in [-0.2, 0) is 0 Å². The SMILES string of the molecule is CC(/C=C/c1ccccc1)=NNC(=O)c1ccc(NC(=O)c2ccc(Cl)cc2)cc1. The Morgan fingerprint density at radius 2 is 1.43 bits per heavy atom. The molecular weight excluding hydrogens is 398 g/mol. The molecule has 0 heterocycles. The van der Waals surface area contributed by atoms with E-state index in [4.69, 9.17) is 11.6 Å². The molecule has 0 unspecified atom stereocenters. The maximum absolute atomic E-state index is 12.3. The maximum atomic E-state index is 12.3. The molecule has 0 aromatic heterocycles. The zero-order valence-electron chi connectivity index (χ0n) is 16.3. The molecule has 0 aliphatic heterocycles. The smallest absolute Gasteiger partial charge is 0.271 e. The molecule has 3 aromatic carbocycles. The van der Waals surface area contributed by atoms with E-state index in [9.17, 15) is 9.59 Å².